The van der Waals surface area contributed by atoms with Gasteiger partial charge in [0.15, 0.2) is 0 Å². The Balaban J connectivity index is 2.64. The van der Waals surface area contributed by atoms with Crippen LogP contribution in [0.2, 0.25) is 0 Å². The molecule has 1 rings (SSSR count). The second-order valence-corrected chi connectivity index (χ2v) is 4.13. The standard InChI is InChI=1S/C11H19NO/c1-9-7-11(3,5-6-13-4)8-12-10(9)2/h7H,5-6,8H2,1-4H3/t11-/m1/s1. The number of allylic oxidation sites excluding steroid dienone is 1. The minimum Gasteiger partial charge on any atom is -0.385 e. The minimum atomic E-state index is 0.208. The molecule has 0 radical (unpaired) electrons. The van der Waals surface area contributed by atoms with Crippen molar-refractivity contribution >= 4 is 5.71 Å². The second kappa shape index (κ2) is 4.05. The van der Waals surface area contributed by atoms with E-state index in [0.29, 0.717) is 0 Å². The van der Waals surface area contributed by atoms with Gasteiger partial charge in [-0.3, -0.25) is 4.99 Å². The summed E-state index contributed by atoms with van der Waals surface area (Å²) < 4.78 is 5.09. The maximum Gasteiger partial charge on any atom is 0.0481 e. The van der Waals surface area contributed by atoms with E-state index in [1.807, 2.05) is 0 Å². The third-order valence-corrected chi connectivity index (χ3v) is 2.69. The maximum atomic E-state index is 5.09. The molecule has 0 aromatic heterocycles. The molecule has 0 unspecified atom stereocenters. The summed E-state index contributed by atoms with van der Waals surface area (Å²) in [4.78, 5) is 4.51. The van der Waals surface area contributed by atoms with Gasteiger partial charge in [-0.05, 0) is 25.8 Å². The lowest BCUT2D eigenvalue weighted by Crippen LogP contribution is -2.25. The van der Waals surface area contributed by atoms with E-state index in [0.717, 1.165) is 19.6 Å². The van der Waals surface area contributed by atoms with E-state index in [9.17, 15) is 0 Å². The molecular weight excluding hydrogens is 162 g/mol. The monoisotopic (exact) mass is 181 g/mol. The molecule has 0 N–H and O–H groups in total. The van der Waals surface area contributed by atoms with Crippen molar-refractivity contribution < 1.29 is 4.74 Å². The zero-order valence-electron chi connectivity index (χ0n) is 9.05. The van der Waals surface area contributed by atoms with Gasteiger partial charge in [0.2, 0.25) is 0 Å². The van der Waals surface area contributed by atoms with Crippen LogP contribution in [0, 0.1) is 5.41 Å². The van der Waals surface area contributed by atoms with Gasteiger partial charge in [0, 0.05) is 31.4 Å². The van der Waals surface area contributed by atoms with Crippen molar-refractivity contribution in [3.8, 4) is 0 Å². The topological polar surface area (TPSA) is 21.6 Å². The zero-order chi connectivity index (χ0) is 9.90. The average Bonchev–Trinajstić information content (AvgIpc) is 2.09. The molecule has 1 atom stereocenters. The van der Waals surface area contributed by atoms with E-state index in [1.165, 1.54) is 11.3 Å². The lowest BCUT2D eigenvalue weighted by atomic mass is 9.83. The van der Waals surface area contributed by atoms with Gasteiger partial charge in [-0.15, -0.1) is 0 Å². The molecule has 0 saturated heterocycles. The number of rotatable bonds is 3. The summed E-state index contributed by atoms with van der Waals surface area (Å²) in [5.41, 5.74) is 2.69. The zero-order valence-corrected chi connectivity index (χ0v) is 9.05. The summed E-state index contributed by atoms with van der Waals surface area (Å²) in [6, 6.07) is 0. The van der Waals surface area contributed by atoms with E-state index in [1.54, 1.807) is 7.11 Å². The fourth-order valence-corrected chi connectivity index (χ4v) is 1.58. The minimum absolute atomic E-state index is 0.208. The first-order valence-electron chi connectivity index (χ1n) is 4.77. The number of ether oxygens (including phenoxy) is 1. The van der Waals surface area contributed by atoms with Crippen molar-refractivity contribution in [3.63, 3.8) is 0 Å². The SMILES string of the molecule is COCC[C@]1(C)C=C(C)C(C)=NC1. The number of hydrogen-bond acceptors (Lipinski definition) is 2. The largest absolute Gasteiger partial charge is 0.385 e. The number of nitrogens with zero attached hydrogens (tertiary/aromatic N) is 1. The van der Waals surface area contributed by atoms with Crippen LogP contribution in [0.1, 0.15) is 27.2 Å². The summed E-state index contributed by atoms with van der Waals surface area (Å²) in [6.45, 7) is 8.16. The van der Waals surface area contributed by atoms with Crippen molar-refractivity contribution in [1.82, 2.24) is 0 Å². The molecule has 1 aliphatic rings. The Morgan fingerprint density at radius 3 is 2.77 bits per heavy atom. The van der Waals surface area contributed by atoms with E-state index in [2.05, 4.69) is 31.8 Å². The number of dihydropyridines is 1. The molecule has 1 aliphatic heterocycles. The summed E-state index contributed by atoms with van der Waals surface area (Å²) in [5, 5.41) is 0. The smallest absolute Gasteiger partial charge is 0.0481 e. The van der Waals surface area contributed by atoms with Crippen LogP contribution in [0.4, 0.5) is 0 Å². The highest BCUT2D eigenvalue weighted by Crippen LogP contribution is 2.29. The third-order valence-electron chi connectivity index (χ3n) is 2.69. The van der Waals surface area contributed by atoms with Crippen LogP contribution in [0.25, 0.3) is 0 Å². The highest BCUT2D eigenvalue weighted by Gasteiger charge is 2.24. The van der Waals surface area contributed by atoms with E-state index < -0.39 is 0 Å². The Hall–Kier alpha value is -0.630. The highest BCUT2D eigenvalue weighted by atomic mass is 16.5. The molecule has 1 heterocycles. The average molecular weight is 181 g/mol. The first kappa shape index (κ1) is 10.5. The van der Waals surface area contributed by atoms with E-state index in [-0.39, 0.29) is 5.41 Å². The van der Waals surface area contributed by atoms with Crippen LogP contribution in [0.5, 0.6) is 0 Å². The van der Waals surface area contributed by atoms with Gasteiger partial charge in [-0.1, -0.05) is 13.0 Å². The van der Waals surface area contributed by atoms with Gasteiger partial charge in [-0.2, -0.15) is 0 Å². The Morgan fingerprint density at radius 2 is 2.23 bits per heavy atom. The van der Waals surface area contributed by atoms with Gasteiger partial charge < -0.3 is 4.74 Å². The maximum absolute atomic E-state index is 5.09. The molecule has 13 heavy (non-hydrogen) atoms. The normalized spacial score (nSPS) is 28.3. The number of hydrogen-bond donors (Lipinski definition) is 0. The molecule has 0 aromatic rings. The van der Waals surface area contributed by atoms with E-state index >= 15 is 0 Å². The predicted molar refractivity (Wildman–Crippen MR) is 56.3 cm³/mol. The summed E-state index contributed by atoms with van der Waals surface area (Å²) in [6.07, 6.45) is 3.38. The predicted octanol–water partition coefficient (Wildman–Crippen LogP) is 2.45. The Morgan fingerprint density at radius 1 is 1.54 bits per heavy atom. The quantitative estimate of drug-likeness (QED) is 0.655. The van der Waals surface area contributed by atoms with Gasteiger partial charge in [0.05, 0.1) is 0 Å². The Labute approximate surface area is 80.7 Å². The lowest BCUT2D eigenvalue weighted by Gasteiger charge is -2.28. The molecule has 74 valence electrons. The summed E-state index contributed by atoms with van der Waals surface area (Å²) in [7, 11) is 1.75. The molecule has 0 bridgehead atoms. The van der Waals surface area contributed by atoms with Gasteiger partial charge in [0.25, 0.3) is 0 Å². The summed E-state index contributed by atoms with van der Waals surface area (Å²) >= 11 is 0. The van der Waals surface area contributed by atoms with Crippen LogP contribution in [-0.4, -0.2) is 26.0 Å². The van der Waals surface area contributed by atoms with Crippen LogP contribution < -0.4 is 0 Å². The fraction of sp³-hybridized carbons (Fsp3) is 0.727. The van der Waals surface area contributed by atoms with Crippen molar-refractivity contribution in [1.29, 1.82) is 0 Å². The molecular formula is C11H19NO. The van der Waals surface area contributed by atoms with Gasteiger partial charge >= 0.3 is 0 Å². The van der Waals surface area contributed by atoms with Crippen LogP contribution >= 0.6 is 0 Å². The fourth-order valence-electron chi connectivity index (χ4n) is 1.58. The first-order chi connectivity index (χ1) is 6.07. The van der Waals surface area contributed by atoms with Gasteiger partial charge in [-0.25, -0.2) is 0 Å². The lowest BCUT2D eigenvalue weighted by molar-refractivity contribution is 0.164. The van der Waals surface area contributed by atoms with Crippen LogP contribution in [0.3, 0.4) is 0 Å². The summed E-state index contributed by atoms with van der Waals surface area (Å²) in [5.74, 6) is 0. The van der Waals surface area contributed by atoms with Gasteiger partial charge in [0.1, 0.15) is 0 Å². The van der Waals surface area contributed by atoms with Crippen molar-refractivity contribution in [2.75, 3.05) is 20.3 Å². The molecule has 0 aromatic carbocycles. The Bertz CT molecular complexity index is 242. The van der Waals surface area contributed by atoms with Crippen molar-refractivity contribution in [2.45, 2.75) is 27.2 Å². The molecule has 0 aliphatic carbocycles. The molecule has 0 saturated carbocycles. The molecule has 0 fully saturated rings. The molecule has 0 spiro atoms. The number of methoxy groups -OCH3 is 1. The third kappa shape index (κ3) is 2.66. The van der Waals surface area contributed by atoms with Crippen LogP contribution in [-0.2, 0) is 4.74 Å². The second-order valence-electron chi connectivity index (χ2n) is 4.13. The van der Waals surface area contributed by atoms with Crippen LogP contribution in [0.15, 0.2) is 16.6 Å². The van der Waals surface area contributed by atoms with Crippen molar-refractivity contribution in [2.24, 2.45) is 10.4 Å². The molecule has 2 nitrogen and oxygen atoms in total. The van der Waals surface area contributed by atoms with Crippen molar-refractivity contribution in [3.05, 3.63) is 11.6 Å². The number of aliphatic imine (C=N–C) groups is 1. The Kier molecular flexibility index (Phi) is 3.26. The molecule has 0 amide bonds. The highest BCUT2D eigenvalue weighted by molar-refractivity contribution is 5.98. The van der Waals surface area contributed by atoms with E-state index in [4.69, 9.17) is 4.74 Å². The first-order valence-corrected chi connectivity index (χ1v) is 4.77. The molecule has 2 heteroatoms.